The predicted molar refractivity (Wildman–Crippen MR) is 122 cm³/mol. The first-order chi connectivity index (χ1) is 15.2. The van der Waals surface area contributed by atoms with E-state index in [4.69, 9.17) is 15.7 Å². The largest absolute Gasteiger partial charge is 0.369 e. The highest BCUT2D eigenvalue weighted by atomic mass is 16.1. The molecule has 1 atom stereocenters. The number of aromatic nitrogens is 2. The third-order valence-corrected chi connectivity index (χ3v) is 6.87. The summed E-state index contributed by atoms with van der Waals surface area (Å²) in [6, 6.07) is 10.6. The van der Waals surface area contributed by atoms with Crippen molar-refractivity contribution >= 4 is 17.7 Å². The summed E-state index contributed by atoms with van der Waals surface area (Å²) in [6.45, 7) is 6.42. The minimum atomic E-state index is -0.196. The summed E-state index contributed by atoms with van der Waals surface area (Å²) < 4.78 is 0. The molecule has 4 heterocycles. The smallest absolute Gasteiger partial charge is 0.227 e. The molecular formula is C24H32N6O. The molecule has 2 N–H and O–H groups in total. The normalized spacial score (nSPS) is 21.9. The summed E-state index contributed by atoms with van der Waals surface area (Å²) in [6.07, 6.45) is 5.19. The van der Waals surface area contributed by atoms with E-state index in [-0.39, 0.29) is 11.8 Å². The number of piperidine rings is 1. The molecule has 0 bridgehead atoms. The second kappa shape index (κ2) is 8.83. The van der Waals surface area contributed by atoms with Crippen LogP contribution in [0.2, 0.25) is 0 Å². The van der Waals surface area contributed by atoms with E-state index in [0.717, 1.165) is 70.3 Å². The van der Waals surface area contributed by atoms with E-state index in [9.17, 15) is 4.79 Å². The standard InChI is InChI=1S/C24H32N6O/c25-22(31)19-9-6-13-30(16-19)23-20-17-28(15-18-7-2-1-3-8-18)14-10-21(20)26-24(27-23)29-11-4-5-12-29/h1-3,7-8,19H,4-6,9-17H2,(H2,25,31)/t19-/m1/s1. The Labute approximate surface area is 184 Å². The summed E-state index contributed by atoms with van der Waals surface area (Å²) in [5.74, 6) is 1.59. The molecule has 7 heteroatoms. The zero-order valence-electron chi connectivity index (χ0n) is 18.2. The number of benzene rings is 1. The van der Waals surface area contributed by atoms with Crippen molar-refractivity contribution in [3.8, 4) is 0 Å². The molecular weight excluding hydrogens is 388 g/mol. The molecule has 0 unspecified atom stereocenters. The molecule has 7 nitrogen and oxygen atoms in total. The van der Waals surface area contributed by atoms with Crippen LogP contribution in [0.15, 0.2) is 30.3 Å². The average molecular weight is 421 g/mol. The van der Waals surface area contributed by atoms with Crippen molar-refractivity contribution in [3.05, 3.63) is 47.2 Å². The van der Waals surface area contributed by atoms with Gasteiger partial charge in [-0.1, -0.05) is 30.3 Å². The van der Waals surface area contributed by atoms with Crippen molar-refractivity contribution in [3.63, 3.8) is 0 Å². The predicted octanol–water partition coefficient (Wildman–Crippen LogP) is 2.34. The summed E-state index contributed by atoms with van der Waals surface area (Å²) >= 11 is 0. The van der Waals surface area contributed by atoms with Crippen LogP contribution in [0.4, 0.5) is 11.8 Å². The number of hydrogen-bond donors (Lipinski definition) is 1. The lowest BCUT2D eigenvalue weighted by Gasteiger charge is -2.37. The van der Waals surface area contributed by atoms with Crippen LogP contribution in [0.3, 0.4) is 0 Å². The van der Waals surface area contributed by atoms with Crippen molar-refractivity contribution in [2.45, 2.75) is 45.2 Å². The van der Waals surface area contributed by atoms with E-state index < -0.39 is 0 Å². The van der Waals surface area contributed by atoms with Gasteiger partial charge in [0.05, 0.1) is 11.6 Å². The van der Waals surface area contributed by atoms with Crippen LogP contribution in [-0.2, 0) is 24.3 Å². The number of fused-ring (bicyclic) bond motifs is 1. The third-order valence-electron chi connectivity index (χ3n) is 6.87. The Kier molecular flexibility index (Phi) is 5.76. The van der Waals surface area contributed by atoms with Crippen LogP contribution in [0.1, 0.15) is 42.5 Å². The first-order valence-electron chi connectivity index (χ1n) is 11.6. The lowest BCUT2D eigenvalue weighted by atomic mass is 9.96. The number of hydrogen-bond acceptors (Lipinski definition) is 6. The average Bonchev–Trinajstić information content (AvgIpc) is 3.34. The fraction of sp³-hybridized carbons (Fsp3) is 0.542. The molecule has 2 fully saturated rings. The van der Waals surface area contributed by atoms with Gasteiger partial charge in [0, 0.05) is 57.8 Å². The van der Waals surface area contributed by atoms with E-state index in [1.807, 2.05) is 0 Å². The van der Waals surface area contributed by atoms with Crippen LogP contribution in [-0.4, -0.2) is 53.5 Å². The fourth-order valence-corrected chi connectivity index (χ4v) is 5.14. The zero-order chi connectivity index (χ0) is 21.2. The van der Waals surface area contributed by atoms with Gasteiger partial charge in [0.15, 0.2) is 0 Å². The number of amides is 1. The van der Waals surface area contributed by atoms with Gasteiger partial charge in [0.25, 0.3) is 0 Å². The molecule has 0 spiro atoms. The summed E-state index contributed by atoms with van der Waals surface area (Å²) in [4.78, 5) is 29.1. The summed E-state index contributed by atoms with van der Waals surface area (Å²) in [5.41, 5.74) is 9.41. The van der Waals surface area contributed by atoms with Crippen molar-refractivity contribution in [1.82, 2.24) is 14.9 Å². The van der Waals surface area contributed by atoms with Crippen molar-refractivity contribution < 1.29 is 4.79 Å². The van der Waals surface area contributed by atoms with Crippen LogP contribution in [0, 0.1) is 5.92 Å². The van der Waals surface area contributed by atoms with Gasteiger partial charge in [-0.25, -0.2) is 4.98 Å². The van der Waals surface area contributed by atoms with Gasteiger partial charge < -0.3 is 15.5 Å². The van der Waals surface area contributed by atoms with Crippen LogP contribution in [0.25, 0.3) is 0 Å². The maximum atomic E-state index is 11.9. The Morgan fingerprint density at radius 1 is 1.00 bits per heavy atom. The zero-order valence-corrected chi connectivity index (χ0v) is 18.2. The molecule has 3 aliphatic heterocycles. The van der Waals surface area contributed by atoms with Crippen LogP contribution >= 0.6 is 0 Å². The lowest BCUT2D eigenvalue weighted by Crippen LogP contribution is -2.43. The van der Waals surface area contributed by atoms with Crippen molar-refractivity contribution in [1.29, 1.82) is 0 Å². The molecule has 5 rings (SSSR count). The number of carbonyl (C=O) groups is 1. The Morgan fingerprint density at radius 3 is 2.55 bits per heavy atom. The molecule has 31 heavy (non-hydrogen) atoms. The quantitative estimate of drug-likeness (QED) is 0.800. The van der Waals surface area contributed by atoms with Crippen molar-refractivity contribution in [2.24, 2.45) is 11.7 Å². The topological polar surface area (TPSA) is 78.6 Å². The maximum absolute atomic E-state index is 11.9. The van der Waals surface area contributed by atoms with Gasteiger partial charge in [-0.2, -0.15) is 4.98 Å². The van der Waals surface area contributed by atoms with Gasteiger partial charge in [0.2, 0.25) is 11.9 Å². The number of nitrogens with zero attached hydrogens (tertiary/aromatic N) is 5. The maximum Gasteiger partial charge on any atom is 0.227 e. The number of primary amides is 1. The molecule has 2 saturated heterocycles. The molecule has 1 aromatic heterocycles. The van der Waals surface area contributed by atoms with Crippen molar-refractivity contribution in [2.75, 3.05) is 42.5 Å². The lowest BCUT2D eigenvalue weighted by molar-refractivity contribution is -0.122. The molecule has 0 radical (unpaired) electrons. The molecule has 1 aromatic carbocycles. The Morgan fingerprint density at radius 2 is 1.77 bits per heavy atom. The van der Waals surface area contributed by atoms with Crippen LogP contribution in [0.5, 0.6) is 0 Å². The SMILES string of the molecule is NC(=O)[C@@H]1CCCN(c2nc(N3CCCC3)nc3c2CN(Cc2ccccc2)CC3)C1. The fourth-order valence-electron chi connectivity index (χ4n) is 5.14. The Hall–Kier alpha value is -2.67. The highest BCUT2D eigenvalue weighted by Crippen LogP contribution is 2.33. The van der Waals surface area contributed by atoms with E-state index >= 15 is 0 Å². The minimum Gasteiger partial charge on any atom is -0.369 e. The molecule has 1 amide bonds. The van der Waals surface area contributed by atoms with E-state index in [1.54, 1.807) is 0 Å². The third kappa shape index (κ3) is 4.37. The van der Waals surface area contributed by atoms with Gasteiger partial charge in [-0.05, 0) is 31.2 Å². The number of rotatable bonds is 5. The number of anilines is 2. The van der Waals surface area contributed by atoms with E-state index in [1.165, 1.54) is 29.7 Å². The second-order valence-corrected chi connectivity index (χ2v) is 9.10. The van der Waals surface area contributed by atoms with Gasteiger partial charge in [-0.15, -0.1) is 0 Å². The highest BCUT2D eigenvalue weighted by Gasteiger charge is 2.31. The van der Waals surface area contributed by atoms with Crippen LogP contribution < -0.4 is 15.5 Å². The van der Waals surface area contributed by atoms with Gasteiger partial charge in [-0.3, -0.25) is 9.69 Å². The number of carbonyl (C=O) groups excluding carboxylic acids is 1. The summed E-state index contributed by atoms with van der Waals surface area (Å²) in [5, 5.41) is 0. The van der Waals surface area contributed by atoms with E-state index in [0.29, 0.717) is 6.54 Å². The molecule has 164 valence electrons. The first kappa shape index (κ1) is 20.2. The first-order valence-corrected chi connectivity index (χ1v) is 11.6. The monoisotopic (exact) mass is 420 g/mol. The molecule has 0 saturated carbocycles. The van der Waals surface area contributed by atoms with E-state index in [2.05, 4.69) is 45.0 Å². The molecule has 0 aliphatic carbocycles. The van der Waals surface area contributed by atoms with Gasteiger partial charge in [0.1, 0.15) is 5.82 Å². The summed E-state index contributed by atoms with van der Waals surface area (Å²) in [7, 11) is 0. The Balaban J connectivity index is 1.46. The Bertz CT molecular complexity index is 927. The molecule has 3 aliphatic rings. The van der Waals surface area contributed by atoms with Gasteiger partial charge >= 0.3 is 0 Å². The molecule has 2 aromatic rings. The highest BCUT2D eigenvalue weighted by molar-refractivity contribution is 5.77. The minimum absolute atomic E-state index is 0.0985. The second-order valence-electron chi connectivity index (χ2n) is 9.10. The number of nitrogens with two attached hydrogens (primary N) is 1.